The fraction of sp³-hybridized carbons (Fsp3) is 0.556. The number of amides is 1. The third-order valence-corrected chi connectivity index (χ3v) is 1.76. The van der Waals surface area contributed by atoms with E-state index in [2.05, 4.69) is 18.8 Å². The van der Waals surface area contributed by atoms with E-state index in [1.807, 2.05) is 0 Å². The van der Waals surface area contributed by atoms with Crippen molar-refractivity contribution in [2.75, 3.05) is 13.2 Å². The van der Waals surface area contributed by atoms with E-state index in [-0.39, 0.29) is 24.3 Å². The molecule has 0 saturated carbocycles. The molecule has 0 aromatic carbocycles. The van der Waals surface area contributed by atoms with Gasteiger partial charge in [0, 0.05) is 19.4 Å². The number of carbonyl (C=O) groups excluding carboxylic acids is 1. The van der Waals surface area contributed by atoms with Gasteiger partial charge < -0.3 is 10.4 Å². The number of allylic oxidation sites excluding steroid dienone is 1. The highest BCUT2D eigenvalue weighted by Gasteiger charge is 2.18. The van der Waals surface area contributed by atoms with Gasteiger partial charge in [0.1, 0.15) is 5.92 Å². The summed E-state index contributed by atoms with van der Waals surface area (Å²) in [5.41, 5.74) is 0. The lowest BCUT2D eigenvalue weighted by Crippen LogP contribution is -2.31. The minimum Gasteiger partial charge on any atom is -0.396 e. The van der Waals surface area contributed by atoms with Crippen LogP contribution in [0.2, 0.25) is 0 Å². The van der Waals surface area contributed by atoms with Crippen LogP contribution in [-0.4, -0.2) is 24.2 Å². The van der Waals surface area contributed by atoms with Crippen molar-refractivity contribution in [1.82, 2.24) is 5.32 Å². The van der Waals surface area contributed by atoms with Crippen molar-refractivity contribution in [3.8, 4) is 0 Å². The Bertz CT molecular complexity index is 157. The molecular weight excluding hydrogens is 154 g/mol. The molecule has 0 bridgehead atoms. The van der Waals surface area contributed by atoms with Crippen molar-refractivity contribution in [2.45, 2.75) is 6.92 Å². The van der Waals surface area contributed by atoms with Crippen molar-refractivity contribution in [3.63, 3.8) is 0 Å². The normalized spacial score (nSPS) is 14.8. The maximum atomic E-state index is 10.5. The average Bonchev–Trinajstić information content (AvgIpc) is 2.04. The molecule has 0 aromatic rings. The molecule has 2 N–H and O–H groups in total. The second-order valence-corrected chi connectivity index (χ2v) is 2.78. The second-order valence-electron chi connectivity index (χ2n) is 2.78. The molecule has 68 valence electrons. The van der Waals surface area contributed by atoms with Crippen LogP contribution in [0.5, 0.6) is 0 Å². The van der Waals surface area contributed by atoms with E-state index in [1.165, 1.54) is 6.92 Å². The zero-order chi connectivity index (χ0) is 9.56. The van der Waals surface area contributed by atoms with Crippen LogP contribution in [0.15, 0.2) is 12.7 Å². The van der Waals surface area contributed by atoms with E-state index in [0.717, 1.165) is 0 Å². The van der Waals surface area contributed by atoms with Gasteiger partial charge >= 0.3 is 0 Å². The van der Waals surface area contributed by atoms with Gasteiger partial charge in [0.2, 0.25) is 5.91 Å². The van der Waals surface area contributed by atoms with Gasteiger partial charge in [-0.1, -0.05) is 6.58 Å². The Morgan fingerprint density at radius 1 is 1.83 bits per heavy atom. The largest absolute Gasteiger partial charge is 0.396 e. The number of carbonyl (C=O) groups is 1. The Kier molecular flexibility index (Phi) is 5.21. The van der Waals surface area contributed by atoms with Crippen molar-refractivity contribution in [3.05, 3.63) is 19.6 Å². The lowest BCUT2D eigenvalue weighted by molar-refractivity contribution is -0.119. The van der Waals surface area contributed by atoms with Gasteiger partial charge in [-0.25, -0.2) is 0 Å². The van der Waals surface area contributed by atoms with Crippen LogP contribution in [0.25, 0.3) is 0 Å². The van der Waals surface area contributed by atoms with Gasteiger partial charge in [0.05, 0.1) is 13.5 Å². The molecule has 0 saturated heterocycles. The molecule has 0 spiro atoms. The number of hydrogen-bond acceptors (Lipinski definition) is 2. The van der Waals surface area contributed by atoms with E-state index in [4.69, 9.17) is 5.11 Å². The Labute approximate surface area is 73.5 Å². The summed E-state index contributed by atoms with van der Waals surface area (Å²) in [6.07, 6.45) is 1.67. The van der Waals surface area contributed by atoms with Crippen molar-refractivity contribution < 1.29 is 9.90 Å². The molecule has 0 radical (unpaired) electrons. The Hall–Kier alpha value is -0.960. The summed E-state index contributed by atoms with van der Waals surface area (Å²) < 4.78 is 0. The van der Waals surface area contributed by atoms with E-state index >= 15 is 0 Å². The molecule has 1 amide bonds. The van der Waals surface area contributed by atoms with Crippen LogP contribution < -0.4 is 5.32 Å². The molecule has 3 heteroatoms. The van der Waals surface area contributed by atoms with E-state index in [0.29, 0.717) is 6.54 Å². The van der Waals surface area contributed by atoms with Crippen molar-refractivity contribution >= 4 is 5.91 Å². The summed E-state index contributed by atoms with van der Waals surface area (Å²) in [6, 6.07) is 0. The molecule has 12 heavy (non-hydrogen) atoms. The fourth-order valence-corrected chi connectivity index (χ4v) is 0.819. The fourth-order valence-electron chi connectivity index (χ4n) is 0.819. The van der Waals surface area contributed by atoms with Crippen molar-refractivity contribution in [1.29, 1.82) is 0 Å². The van der Waals surface area contributed by atoms with Crippen LogP contribution in [0, 0.1) is 18.8 Å². The number of rotatable bonds is 5. The molecule has 2 unspecified atom stereocenters. The zero-order valence-corrected chi connectivity index (χ0v) is 7.42. The first-order chi connectivity index (χ1) is 5.61. The number of nitrogens with one attached hydrogen (secondary N) is 1. The van der Waals surface area contributed by atoms with E-state index < -0.39 is 0 Å². The Balaban J connectivity index is 3.82. The second kappa shape index (κ2) is 5.66. The summed E-state index contributed by atoms with van der Waals surface area (Å²) in [4.78, 5) is 10.5. The lowest BCUT2D eigenvalue weighted by Gasteiger charge is -2.13. The highest BCUT2D eigenvalue weighted by Crippen LogP contribution is 2.09. The Morgan fingerprint density at radius 3 is 2.75 bits per heavy atom. The predicted molar refractivity (Wildman–Crippen MR) is 48.3 cm³/mol. The van der Waals surface area contributed by atoms with Gasteiger partial charge in [-0.15, -0.1) is 0 Å². The third kappa shape index (κ3) is 4.03. The number of aliphatic hydroxyl groups is 1. The molecule has 0 aliphatic rings. The predicted octanol–water partition coefficient (Wildman–Crippen LogP) is 0.367. The highest BCUT2D eigenvalue weighted by atomic mass is 16.3. The number of aliphatic hydroxyl groups excluding tert-OH is 1. The van der Waals surface area contributed by atoms with Crippen LogP contribution in [0.4, 0.5) is 0 Å². The maximum absolute atomic E-state index is 10.5. The van der Waals surface area contributed by atoms with Crippen molar-refractivity contribution in [2.24, 2.45) is 11.8 Å². The molecule has 3 nitrogen and oxygen atoms in total. The van der Waals surface area contributed by atoms with E-state index in [1.54, 1.807) is 6.08 Å². The van der Waals surface area contributed by atoms with Gasteiger partial charge in [0.25, 0.3) is 0 Å². The SMILES string of the molecule is C=CC([CH2+])C(CO)CNC(C)=O. The molecule has 0 aliphatic heterocycles. The van der Waals surface area contributed by atoms with Crippen LogP contribution in [-0.2, 0) is 4.79 Å². The summed E-state index contributed by atoms with van der Waals surface area (Å²) in [7, 11) is 0. The summed E-state index contributed by atoms with van der Waals surface area (Å²) >= 11 is 0. The maximum Gasteiger partial charge on any atom is 0.216 e. The standard InChI is InChI=1S/C9H15NO2/c1-4-7(2)9(6-11)5-10-8(3)12/h4,7,9,11H,1-2,5-6H2,3H3/p+1. The first-order valence-electron chi connectivity index (χ1n) is 3.92. The zero-order valence-electron chi connectivity index (χ0n) is 7.42. The van der Waals surface area contributed by atoms with Gasteiger partial charge in [-0.3, -0.25) is 4.79 Å². The summed E-state index contributed by atoms with van der Waals surface area (Å²) in [6.45, 7) is 9.26. The molecule has 2 atom stereocenters. The minimum atomic E-state index is -0.0929. The molecule has 0 heterocycles. The lowest BCUT2D eigenvalue weighted by atomic mass is 9.95. The van der Waals surface area contributed by atoms with Gasteiger partial charge in [0.15, 0.2) is 0 Å². The van der Waals surface area contributed by atoms with Gasteiger partial charge in [-0.05, 0) is 6.08 Å². The quantitative estimate of drug-likeness (QED) is 0.462. The number of hydrogen-bond donors (Lipinski definition) is 2. The van der Waals surface area contributed by atoms with Crippen LogP contribution in [0.3, 0.4) is 0 Å². The summed E-state index contributed by atoms with van der Waals surface area (Å²) in [5.74, 6) is -0.155. The smallest absolute Gasteiger partial charge is 0.216 e. The van der Waals surface area contributed by atoms with E-state index in [9.17, 15) is 4.79 Å². The first kappa shape index (κ1) is 11.0. The molecule has 0 aromatic heterocycles. The van der Waals surface area contributed by atoms with Crippen LogP contribution in [0.1, 0.15) is 6.92 Å². The topological polar surface area (TPSA) is 49.3 Å². The summed E-state index contributed by atoms with van der Waals surface area (Å²) in [5, 5.41) is 11.5. The monoisotopic (exact) mass is 170 g/mol. The highest BCUT2D eigenvalue weighted by molar-refractivity contribution is 5.72. The molecule has 0 fully saturated rings. The third-order valence-electron chi connectivity index (χ3n) is 1.76. The van der Waals surface area contributed by atoms with Gasteiger partial charge in [-0.2, -0.15) is 0 Å². The average molecular weight is 170 g/mol. The minimum absolute atomic E-state index is 0.0144. The van der Waals surface area contributed by atoms with Crippen LogP contribution >= 0.6 is 0 Å². The molecular formula is C9H16NO2+. The Morgan fingerprint density at radius 2 is 2.42 bits per heavy atom. The molecule has 0 rings (SSSR count). The molecule has 0 aliphatic carbocycles. The first-order valence-corrected chi connectivity index (χ1v) is 3.92.